The number of benzene rings is 1. The highest BCUT2D eigenvalue weighted by Crippen LogP contribution is 2.29. The Morgan fingerprint density at radius 1 is 1.24 bits per heavy atom. The molecule has 1 aromatic heterocycles. The molecule has 2 aromatic rings. The highest BCUT2D eigenvalue weighted by molar-refractivity contribution is 5.96. The number of carbonyl (C=O) groups excluding carboxylic acids is 1. The van der Waals surface area contributed by atoms with Crippen LogP contribution >= 0.6 is 0 Å². The summed E-state index contributed by atoms with van der Waals surface area (Å²) in [6, 6.07) is 7.86. The molecule has 0 saturated carbocycles. The number of rotatable bonds is 6. The van der Waals surface area contributed by atoms with Crippen LogP contribution in [0.5, 0.6) is 0 Å². The molecule has 5 heteroatoms. The lowest BCUT2D eigenvalue weighted by atomic mass is 10.1. The normalized spacial score (nSPS) is 12.2. The maximum atomic E-state index is 12.8. The molecule has 0 unspecified atom stereocenters. The van der Waals surface area contributed by atoms with Crippen LogP contribution in [0.3, 0.4) is 0 Å². The third-order valence-electron chi connectivity index (χ3n) is 3.62. The highest BCUT2D eigenvalue weighted by Gasteiger charge is 2.24. The molecule has 25 heavy (non-hydrogen) atoms. The molecule has 0 fully saturated rings. The van der Waals surface area contributed by atoms with Gasteiger partial charge in [-0.15, -0.1) is 0 Å². The van der Waals surface area contributed by atoms with Crippen molar-refractivity contribution in [1.29, 1.82) is 0 Å². The van der Waals surface area contributed by atoms with E-state index in [0.29, 0.717) is 13.0 Å². The molecular weight excluding hydrogens is 318 g/mol. The summed E-state index contributed by atoms with van der Waals surface area (Å²) in [5.74, 6) is 0. The Morgan fingerprint density at radius 2 is 1.96 bits per heavy atom. The maximum absolute atomic E-state index is 12.8. The van der Waals surface area contributed by atoms with Crippen LogP contribution in [0.4, 0.5) is 4.79 Å². The number of nitrogens with zero attached hydrogens (tertiary/aromatic N) is 1. The molecule has 0 radical (unpaired) electrons. The number of ether oxygens (including phenoxy) is 3. The van der Waals surface area contributed by atoms with E-state index in [2.05, 4.69) is 0 Å². The lowest BCUT2D eigenvalue weighted by molar-refractivity contribution is -0.0291. The molecule has 0 amide bonds. The van der Waals surface area contributed by atoms with Crippen LogP contribution in [-0.2, 0) is 20.6 Å². The SMILES string of the molecule is C/C=C/c1c(CCOCOC)c2ccccc2n1C(=O)OC(C)(C)C. The monoisotopic (exact) mass is 345 g/mol. The number of allylic oxidation sites excluding steroid dienone is 1. The molecule has 0 aliphatic rings. The van der Waals surface area contributed by atoms with Crippen LogP contribution in [0, 0.1) is 0 Å². The van der Waals surface area contributed by atoms with E-state index in [-0.39, 0.29) is 12.9 Å². The van der Waals surface area contributed by atoms with E-state index >= 15 is 0 Å². The van der Waals surface area contributed by atoms with Crippen LogP contribution in [-0.4, -0.2) is 36.8 Å². The van der Waals surface area contributed by atoms with Crippen molar-refractivity contribution in [3.05, 3.63) is 41.6 Å². The number of hydrogen-bond donors (Lipinski definition) is 0. The van der Waals surface area contributed by atoms with Gasteiger partial charge in [0.25, 0.3) is 0 Å². The van der Waals surface area contributed by atoms with Gasteiger partial charge in [-0.3, -0.25) is 0 Å². The number of fused-ring (bicyclic) bond motifs is 1. The largest absolute Gasteiger partial charge is 0.443 e. The number of methoxy groups -OCH3 is 1. The predicted molar refractivity (Wildman–Crippen MR) is 99.8 cm³/mol. The second kappa shape index (κ2) is 8.32. The summed E-state index contributed by atoms with van der Waals surface area (Å²) >= 11 is 0. The minimum Gasteiger partial charge on any atom is -0.443 e. The van der Waals surface area contributed by atoms with Crippen molar-refractivity contribution in [3.63, 3.8) is 0 Å². The number of carbonyl (C=O) groups is 1. The molecule has 2 rings (SSSR count). The van der Waals surface area contributed by atoms with Gasteiger partial charge in [-0.1, -0.05) is 24.3 Å². The minimum absolute atomic E-state index is 0.254. The van der Waals surface area contributed by atoms with Gasteiger partial charge < -0.3 is 14.2 Å². The topological polar surface area (TPSA) is 49.7 Å². The lowest BCUT2D eigenvalue weighted by Crippen LogP contribution is -2.27. The van der Waals surface area contributed by atoms with Gasteiger partial charge in [-0.05, 0) is 51.8 Å². The van der Waals surface area contributed by atoms with Crippen molar-refractivity contribution in [2.75, 3.05) is 20.5 Å². The molecule has 0 N–H and O–H groups in total. The Labute approximate surface area is 149 Å². The average molecular weight is 345 g/mol. The summed E-state index contributed by atoms with van der Waals surface area (Å²) in [7, 11) is 1.60. The van der Waals surface area contributed by atoms with Crippen molar-refractivity contribution in [3.8, 4) is 0 Å². The van der Waals surface area contributed by atoms with Gasteiger partial charge in [-0.2, -0.15) is 0 Å². The fraction of sp³-hybridized carbons (Fsp3) is 0.450. The van der Waals surface area contributed by atoms with E-state index in [0.717, 1.165) is 22.2 Å². The fourth-order valence-corrected chi connectivity index (χ4v) is 2.74. The summed E-state index contributed by atoms with van der Waals surface area (Å²) in [5, 5.41) is 1.03. The third kappa shape index (κ3) is 4.71. The minimum atomic E-state index is -0.558. The van der Waals surface area contributed by atoms with Gasteiger partial charge in [0, 0.05) is 12.5 Å². The Hall–Kier alpha value is -2.11. The van der Waals surface area contributed by atoms with Crippen LogP contribution in [0.25, 0.3) is 17.0 Å². The van der Waals surface area contributed by atoms with Crippen molar-refractivity contribution >= 4 is 23.1 Å². The van der Waals surface area contributed by atoms with Gasteiger partial charge in [0.05, 0.1) is 17.8 Å². The first-order valence-corrected chi connectivity index (χ1v) is 8.44. The van der Waals surface area contributed by atoms with E-state index in [4.69, 9.17) is 14.2 Å². The van der Waals surface area contributed by atoms with Gasteiger partial charge in [-0.25, -0.2) is 9.36 Å². The summed E-state index contributed by atoms with van der Waals surface area (Å²) in [6.07, 6.45) is 4.17. The summed E-state index contributed by atoms with van der Waals surface area (Å²) in [5.41, 5.74) is 2.18. The molecule has 0 bridgehead atoms. The zero-order valence-electron chi connectivity index (χ0n) is 15.7. The molecule has 0 saturated heterocycles. The summed E-state index contributed by atoms with van der Waals surface area (Å²) in [4.78, 5) is 12.8. The molecular formula is C20H27NO4. The molecule has 136 valence electrons. The molecule has 5 nitrogen and oxygen atoms in total. The zero-order valence-corrected chi connectivity index (χ0v) is 15.7. The number of aromatic nitrogens is 1. The van der Waals surface area contributed by atoms with Crippen molar-refractivity contribution in [1.82, 2.24) is 4.57 Å². The lowest BCUT2D eigenvalue weighted by Gasteiger charge is -2.20. The maximum Gasteiger partial charge on any atom is 0.419 e. The summed E-state index contributed by atoms with van der Waals surface area (Å²) in [6.45, 7) is 8.30. The first kappa shape index (κ1) is 19.2. The van der Waals surface area contributed by atoms with Crippen LogP contribution in [0.2, 0.25) is 0 Å². The van der Waals surface area contributed by atoms with Gasteiger partial charge in [0.2, 0.25) is 0 Å². The van der Waals surface area contributed by atoms with E-state index < -0.39 is 5.60 Å². The van der Waals surface area contributed by atoms with Gasteiger partial charge in [0.15, 0.2) is 0 Å². The fourth-order valence-electron chi connectivity index (χ4n) is 2.74. The highest BCUT2D eigenvalue weighted by atomic mass is 16.7. The van der Waals surface area contributed by atoms with Gasteiger partial charge >= 0.3 is 6.09 Å². The van der Waals surface area contributed by atoms with Crippen LogP contribution in [0.1, 0.15) is 39.0 Å². The Balaban J connectivity index is 2.52. The van der Waals surface area contributed by atoms with Crippen LogP contribution < -0.4 is 0 Å². The zero-order chi connectivity index (χ0) is 18.4. The molecule has 0 aliphatic carbocycles. The van der Waals surface area contributed by atoms with E-state index in [9.17, 15) is 4.79 Å². The second-order valence-corrected chi connectivity index (χ2v) is 6.76. The van der Waals surface area contributed by atoms with Crippen LogP contribution in [0.15, 0.2) is 30.3 Å². The third-order valence-corrected chi connectivity index (χ3v) is 3.62. The van der Waals surface area contributed by atoms with Gasteiger partial charge in [0.1, 0.15) is 12.4 Å². The quantitative estimate of drug-likeness (QED) is 0.566. The first-order chi connectivity index (χ1) is 11.9. The average Bonchev–Trinajstić information content (AvgIpc) is 2.84. The van der Waals surface area contributed by atoms with E-state index in [1.165, 1.54) is 0 Å². The number of para-hydroxylation sites is 1. The molecule has 1 heterocycles. The second-order valence-electron chi connectivity index (χ2n) is 6.76. The molecule has 0 aliphatic heterocycles. The molecule has 0 spiro atoms. The molecule has 0 atom stereocenters. The number of hydrogen-bond acceptors (Lipinski definition) is 4. The summed E-state index contributed by atoms with van der Waals surface area (Å²) < 4.78 is 17.6. The standard InChI is InChI=1S/C20H27NO4/c1-6-9-17-16(12-13-24-14-23-5)15-10-7-8-11-18(15)21(17)19(22)25-20(2,3)4/h6-11H,12-14H2,1-5H3/b9-6+. The van der Waals surface area contributed by atoms with Crippen molar-refractivity contribution in [2.24, 2.45) is 0 Å². The van der Waals surface area contributed by atoms with Crippen molar-refractivity contribution in [2.45, 2.75) is 39.7 Å². The van der Waals surface area contributed by atoms with E-state index in [1.54, 1.807) is 11.7 Å². The predicted octanol–water partition coefficient (Wildman–Crippen LogP) is 4.62. The molecule has 1 aromatic carbocycles. The van der Waals surface area contributed by atoms with E-state index in [1.807, 2.05) is 64.1 Å². The van der Waals surface area contributed by atoms with Crippen molar-refractivity contribution < 1.29 is 19.0 Å². The first-order valence-electron chi connectivity index (χ1n) is 8.44. The Bertz CT molecular complexity index is 753. The Kier molecular flexibility index (Phi) is 6.39. The Morgan fingerprint density at radius 3 is 2.60 bits per heavy atom. The smallest absolute Gasteiger partial charge is 0.419 e.